The zero-order valence-corrected chi connectivity index (χ0v) is 8.31. The van der Waals surface area contributed by atoms with Crippen molar-refractivity contribution in [1.82, 2.24) is 0 Å². The maximum absolute atomic E-state index is 12.2. The lowest BCUT2D eigenvalue weighted by Crippen LogP contribution is -2.25. The van der Waals surface area contributed by atoms with Crippen LogP contribution in [0.4, 0.5) is 18.9 Å². The van der Waals surface area contributed by atoms with Gasteiger partial charge < -0.3 is 11.1 Å². The van der Waals surface area contributed by atoms with Crippen LogP contribution in [-0.2, 0) is 6.18 Å². The molecule has 0 heterocycles. The summed E-state index contributed by atoms with van der Waals surface area (Å²) >= 11 is 0. The minimum atomic E-state index is -4.28. The molecule has 1 atom stereocenters. The average Bonchev–Trinajstić information content (AvgIpc) is 2.17. The zero-order valence-electron chi connectivity index (χ0n) is 8.31. The Hall–Kier alpha value is -1.23. The summed E-state index contributed by atoms with van der Waals surface area (Å²) in [7, 11) is 0. The molecule has 0 aliphatic heterocycles. The van der Waals surface area contributed by atoms with Gasteiger partial charge in [0.1, 0.15) is 0 Å². The van der Waals surface area contributed by atoms with E-state index in [1.165, 1.54) is 12.1 Å². The lowest BCUT2D eigenvalue weighted by molar-refractivity contribution is -0.137. The smallest absolute Gasteiger partial charge is 0.381 e. The van der Waals surface area contributed by atoms with Gasteiger partial charge in [-0.2, -0.15) is 13.2 Å². The topological polar surface area (TPSA) is 38.0 Å². The van der Waals surface area contributed by atoms with Crippen molar-refractivity contribution in [2.24, 2.45) is 5.73 Å². The molecule has 0 radical (unpaired) electrons. The second-order valence-corrected chi connectivity index (χ2v) is 3.36. The summed E-state index contributed by atoms with van der Waals surface area (Å²) in [6, 6.07) is 4.93. The third-order valence-corrected chi connectivity index (χ3v) is 1.98. The van der Waals surface area contributed by atoms with E-state index in [1.807, 2.05) is 6.92 Å². The van der Waals surface area contributed by atoms with Crippen molar-refractivity contribution in [3.05, 3.63) is 29.8 Å². The second kappa shape index (κ2) is 4.53. The second-order valence-electron chi connectivity index (χ2n) is 3.36. The van der Waals surface area contributed by atoms with E-state index in [0.29, 0.717) is 12.2 Å². The molecule has 5 heteroatoms. The summed E-state index contributed by atoms with van der Waals surface area (Å²) in [6.45, 7) is 2.29. The SMILES string of the molecule is CC(CN)Nc1ccc(C(F)(F)F)cc1. The number of hydrogen-bond acceptors (Lipinski definition) is 2. The lowest BCUT2D eigenvalue weighted by atomic mass is 10.2. The van der Waals surface area contributed by atoms with Crippen molar-refractivity contribution in [3.8, 4) is 0 Å². The normalized spacial score (nSPS) is 13.7. The molecule has 0 aliphatic rings. The van der Waals surface area contributed by atoms with Crippen LogP contribution in [0.15, 0.2) is 24.3 Å². The molecule has 3 N–H and O–H groups in total. The van der Waals surface area contributed by atoms with Crippen molar-refractivity contribution in [3.63, 3.8) is 0 Å². The van der Waals surface area contributed by atoms with E-state index < -0.39 is 11.7 Å². The molecule has 0 aliphatic carbocycles. The molecule has 2 nitrogen and oxygen atoms in total. The largest absolute Gasteiger partial charge is 0.416 e. The molecular weight excluding hydrogens is 205 g/mol. The molecule has 0 amide bonds. The van der Waals surface area contributed by atoms with Gasteiger partial charge in [0.05, 0.1) is 5.56 Å². The summed E-state index contributed by atoms with van der Waals surface area (Å²) in [5.74, 6) is 0. The van der Waals surface area contributed by atoms with Crippen LogP contribution < -0.4 is 11.1 Å². The first kappa shape index (κ1) is 11.8. The molecule has 1 aromatic rings. The Kier molecular flexibility index (Phi) is 3.57. The highest BCUT2D eigenvalue weighted by atomic mass is 19.4. The maximum Gasteiger partial charge on any atom is 0.416 e. The van der Waals surface area contributed by atoms with Gasteiger partial charge >= 0.3 is 6.18 Å². The van der Waals surface area contributed by atoms with Crippen LogP contribution in [0, 0.1) is 0 Å². The fourth-order valence-electron chi connectivity index (χ4n) is 1.10. The van der Waals surface area contributed by atoms with Gasteiger partial charge in [-0.25, -0.2) is 0 Å². The molecular formula is C10H13F3N2. The number of nitrogens with one attached hydrogen (secondary N) is 1. The summed E-state index contributed by atoms with van der Waals surface area (Å²) in [6.07, 6.45) is -4.28. The Morgan fingerprint density at radius 1 is 1.27 bits per heavy atom. The van der Waals surface area contributed by atoms with Crippen LogP contribution in [0.1, 0.15) is 12.5 Å². The minimum absolute atomic E-state index is 0.0433. The van der Waals surface area contributed by atoms with Gasteiger partial charge in [-0.05, 0) is 31.2 Å². The van der Waals surface area contributed by atoms with Crippen molar-refractivity contribution < 1.29 is 13.2 Å². The van der Waals surface area contributed by atoms with E-state index in [-0.39, 0.29) is 6.04 Å². The average molecular weight is 218 g/mol. The molecule has 15 heavy (non-hydrogen) atoms. The number of halogens is 3. The number of hydrogen-bond donors (Lipinski definition) is 2. The van der Waals surface area contributed by atoms with Gasteiger partial charge in [-0.1, -0.05) is 0 Å². The Labute approximate surface area is 86.3 Å². The van der Waals surface area contributed by atoms with Gasteiger partial charge in [-0.15, -0.1) is 0 Å². The van der Waals surface area contributed by atoms with E-state index in [2.05, 4.69) is 5.32 Å². The van der Waals surface area contributed by atoms with Crippen LogP contribution in [0.25, 0.3) is 0 Å². The monoisotopic (exact) mass is 218 g/mol. The van der Waals surface area contributed by atoms with E-state index in [9.17, 15) is 13.2 Å². The molecule has 1 unspecified atom stereocenters. The number of benzene rings is 1. The molecule has 0 fully saturated rings. The number of anilines is 1. The van der Waals surface area contributed by atoms with E-state index in [4.69, 9.17) is 5.73 Å². The van der Waals surface area contributed by atoms with Crippen molar-refractivity contribution >= 4 is 5.69 Å². The fraction of sp³-hybridized carbons (Fsp3) is 0.400. The van der Waals surface area contributed by atoms with E-state index in [0.717, 1.165) is 12.1 Å². The van der Waals surface area contributed by atoms with Gasteiger partial charge in [-0.3, -0.25) is 0 Å². The van der Waals surface area contributed by atoms with Crippen LogP contribution in [0.3, 0.4) is 0 Å². The molecule has 0 bridgehead atoms. The first-order valence-corrected chi connectivity index (χ1v) is 4.57. The lowest BCUT2D eigenvalue weighted by Gasteiger charge is -2.13. The van der Waals surface area contributed by atoms with Gasteiger partial charge in [0, 0.05) is 18.3 Å². The van der Waals surface area contributed by atoms with Crippen LogP contribution in [-0.4, -0.2) is 12.6 Å². The molecule has 0 saturated heterocycles. The van der Waals surface area contributed by atoms with Crippen molar-refractivity contribution in [2.45, 2.75) is 19.1 Å². The van der Waals surface area contributed by atoms with Gasteiger partial charge in [0.2, 0.25) is 0 Å². The fourth-order valence-corrected chi connectivity index (χ4v) is 1.10. The molecule has 0 aromatic heterocycles. The molecule has 84 valence electrons. The summed E-state index contributed by atoms with van der Waals surface area (Å²) in [5, 5.41) is 2.98. The standard InChI is InChI=1S/C10H13F3N2/c1-7(6-14)15-9-4-2-8(3-5-9)10(11,12)13/h2-5,7,15H,6,14H2,1H3. The molecule has 0 saturated carbocycles. The Morgan fingerprint density at radius 3 is 2.20 bits per heavy atom. The van der Waals surface area contributed by atoms with Crippen LogP contribution in [0.2, 0.25) is 0 Å². The minimum Gasteiger partial charge on any atom is -0.381 e. The Balaban J connectivity index is 2.73. The van der Waals surface area contributed by atoms with Crippen molar-refractivity contribution in [2.75, 3.05) is 11.9 Å². The quantitative estimate of drug-likeness (QED) is 0.817. The molecule has 0 spiro atoms. The van der Waals surface area contributed by atoms with Gasteiger partial charge in [0.15, 0.2) is 0 Å². The highest BCUT2D eigenvalue weighted by molar-refractivity contribution is 5.45. The van der Waals surface area contributed by atoms with Crippen LogP contribution in [0.5, 0.6) is 0 Å². The van der Waals surface area contributed by atoms with E-state index >= 15 is 0 Å². The number of rotatable bonds is 3. The van der Waals surface area contributed by atoms with E-state index in [1.54, 1.807) is 0 Å². The summed E-state index contributed by atoms with van der Waals surface area (Å²) < 4.78 is 36.6. The summed E-state index contributed by atoms with van der Waals surface area (Å²) in [5.41, 5.74) is 5.37. The molecule has 1 aromatic carbocycles. The summed E-state index contributed by atoms with van der Waals surface area (Å²) in [4.78, 5) is 0. The zero-order chi connectivity index (χ0) is 11.5. The highest BCUT2D eigenvalue weighted by Crippen LogP contribution is 2.29. The number of alkyl halides is 3. The van der Waals surface area contributed by atoms with Gasteiger partial charge in [0.25, 0.3) is 0 Å². The first-order valence-electron chi connectivity index (χ1n) is 4.57. The third kappa shape index (κ3) is 3.43. The predicted octanol–water partition coefficient (Wildman–Crippen LogP) is 2.46. The Morgan fingerprint density at radius 2 is 1.80 bits per heavy atom. The maximum atomic E-state index is 12.2. The van der Waals surface area contributed by atoms with Crippen LogP contribution >= 0.6 is 0 Å². The predicted molar refractivity (Wildman–Crippen MR) is 53.6 cm³/mol. The molecule has 1 rings (SSSR count). The number of nitrogens with two attached hydrogens (primary N) is 1. The third-order valence-electron chi connectivity index (χ3n) is 1.98. The first-order chi connectivity index (χ1) is 6.93. The Bertz CT molecular complexity index is 305. The van der Waals surface area contributed by atoms with Crippen molar-refractivity contribution in [1.29, 1.82) is 0 Å². The highest BCUT2D eigenvalue weighted by Gasteiger charge is 2.29.